The molecular weight excluding hydrogens is 258 g/mol. The van der Waals surface area contributed by atoms with Gasteiger partial charge in [0.2, 0.25) is 0 Å². The number of carboxylic acid groups (broad SMARTS) is 1. The zero-order valence-corrected chi connectivity index (χ0v) is 9.90. The number of benzene rings is 1. The molecule has 102 valence electrons. The Labute approximate surface area is 107 Å². The fourth-order valence-electron chi connectivity index (χ4n) is 1.75. The van der Waals surface area contributed by atoms with Crippen LogP contribution >= 0.6 is 0 Å². The van der Waals surface area contributed by atoms with E-state index in [2.05, 4.69) is 5.32 Å². The lowest BCUT2D eigenvalue weighted by molar-refractivity contribution is -0.146. The molecule has 0 aliphatic carbocycles. The van der Waals surface area contributed by atoms with Gasteiger partial charge in [-0.2, -0.15) is 0 Å². The summed E-state index contributed by atoms with van der Waals surface area (Å²) >= 11 is 0. The number of carboxylic acids is 1. The molecule has 2 N–H and O–H groups in total. The fraction of sp³-hybridized carbons (Fsp3) is 0.333. The third kappa shape index (κ3) is 2.98. The Bertz CT molecular complexity index is 516. The van der Waals surface area contributed by atoms with Crippen molar-refractivity contribution in [2.45, 2.75) is 6.54 Å². The van der Waals surface area contributed by atoms with Crippen molar-refractivity contribution in [3.63, 3.8) is 0 Å². The Morgan fingerprint density at radius 3 is 2.63 bits per heavy atom. The van der Waals surface area contributed by atoms with Gasteiger partial charge in [-0.1, -0.05) is 6.07 Å². The van der Waals surface area contributed by atoms with Crippen LogP contribution in [0.4, 0.5) is 13.6 Å². The summed E-state index contributed by atoms with van der Waals surface area (Å²) in [6.07, 6.45) is 0. The highest BCUT2D eigenvalue weighted by Gasteiger charge is 2.35. The molecule has 2 rings (SSSR count). The number of carbonyl (C=O) groups is 2. The van der Waals surface area contributed by atoms with Gasteiger partial charge in [0.15, 0.2) is 0 Å². The summed E-state index contributed by atoms with van der Waals surface area (Å²) in [4.78, 5) is 23.5. The maximum Gasteiger partial charge on any atom is 0.317 e. The average molecular weight is 270 g/mol. The molecule has 1 aromatic rings. The molecule has 19 heavy (non-hydrogen) atoms. The Balaban J connectivity index is 1.83. The van der Waals surface area contributed by atoms with Crippen LogP contribution in [0.25, 0.3) is 0 Å². The molecule has 0 saturated carbocycles. The first kappa shape index (κ1) is 13.3. The number of urea groups is 1. The first-order chi connectivity index (χ1) is 8.97. The van der Waals surface area contributed by atoms with Gasteiger partial charge in [0.1, 0.15) is 11.6 Å². The van der Waals surface area contributed by atoms with Crippen molar-refractivity contribution in [1.29, 1.82) is 0 Å². The molecule has 0 atom stereocenters. The fourth-order valence-corrected chi connectivity index (χ4v) is 1.75. The standard InChI is InChI=1S/C12H12F2N2O3/c13-9-2-1-7(10(14)3-9)4-15-12(19)16-5-8(6-16)11(17)18/h1-3,8H,4-6H2,(H,15,19)(H,17,18). The van der Waals surface area contributed by atoms with Crippen LogP contribution in [-0.4, -0.2) is 35.1 Å². The smallest absolute Gasteiger partial charge is 0.317 e. The molecule has 1 saturated heterocycles. The summed E-state index contributed by atoms with van der Waals surface area (Å²) in [5.41, 5.74) is 0.171. The van der Waals surface area contributed by atoms with Crippen molar-refractivity contribution in [3.05, 3.63) is 35.4 Å². The van der Waals surface area contributed by atoms with Gasteiger partial charge in [-0.05, 0) is 6.07 Å². The van der Waals surface area contributed by atoms with Gasteiger partial charge < -0.3 is 15.3 Å². The van der Waals surface area contributed by atoms with Gasteiger partial charge in [0.05, 0.1) is 5.92 Å². The number of nitrogens with zero attached hydrogens (tertiary/aromatic N) is 1. The van der Waals surface area contributed by atoms with E-state index in [1.807, 2.05) is 0 Å². The highest BCUT2D eigenvalue weighted by atomic mass is 19.1. The van der Waals surface area contributed by atoms with Crippen LogP contribution in [0.5, 0.6) is 0 Å². The van der Waals surface area contributed by atoms with E-state index in [0.717, 1.165) is 12.1 Å². The van der Waals surface area contributed by atoms with Crippen LogP contribution < -0.4 is 5.32 Å². The van der Waals surface area contributed by atoms with Gasteiger partial charge in [0.25, 0.3) is 0 Å². The molecule has 0 unspecified atom stereocenters. The molecule has 1 aromatic carbocycles. The van der Waals surface area contributed by atoms with E-state index in [1.165, 1.54) is 11.0 Å². The van der Waals surface area contributed by atoms with Crippen LogP contribution in [0.1, 0.15) is 5.56 Å². The predicted molar refractivity (Wildman–Crippen MR) is 61.3 cm³/mol. The van der Waals surface area contributed by atoms with Crippen LogP contribution in [0, 0.1) is 17.6 Å². The Morgan fingerprint density at radius 1 is 1.37 bits per heavy atom. The molecule has 2 amide bonds. The lowest BCUT2D eigenvalue weighted by Crippen LogP contribution is -2.56. The minimum Gasteiger partial charge on any atom is -0.481 e. The average Bonchev–Trinajstić information content (AvgIpc) is 2.25. The van der Waals surface area contributed by atoms with Crippen LogP contribution in [-0.2, 0) is 11.3 Å². The minimum absolute atomic E-state index is 0.0703. The highest BCUT2D eigenvalue weighted by molar-refractivity contribution is 5.79. The van der Waals surface area contributed by atoms with Crippen LogP contribution in [0.3, 0.4) is 0 Å². The van der Waals surface area contributed by atoms with Gasteiger partial charge in [-0.3, -0.25) is 4.79 Å². The number of aliphatic carboxylic acids is 1. The number of hydrogen-bond acceptors (Lipinski definition) is 2. The normalized spacial score (nSPS) is 14.9. The quantitative estimate of drug-likeness (QED) is 0.866. The topological polar surface area (TPSA) is 69.6 Å². The largest absolute Gasteiger partial charge is 0.481 e. The second-order valence-electron chi connectivity index (χ2n) is 4.33. The van der Waals surface area contributed by atoms with Gasteiger partial charge in [0, 0.05) is 31.3 Å². The van der Waals surface area contributed by atoms with Crippen molar-refractivity contribution >= 4 is 12.0 Å². The van der Waals surface area contributed by atoms with Crippen molar-refractivity contribution < 1.29 is 23.5 Å². The SMILES string of the molecule is O=C(O)C1CN(C(=O)NCc2ccc(F)cc2F)C1. The molecule has 1 fully saturated rings. The molecule has 1 aliphatic heterocycles. The maximum absolute atomic E-state index is 13.3. The molecule has 0 spiro atoms. The molecule has 0 aromatic heterocycles. The molecule has 1 heterocycles. The predicted octanol–water partition coefficient (Wildman–Crippen LogP) is 1.19. The second-order valence-corrected chi connectivity index (χ2v) is 4.33. The molecule has 5 nitrogen and oxygen atoms in total. The summed E-state index contributed by atoms with van der Waals surface area (Å²) in [5.74, 6) is -2.88. The second kappa shape index (κ2) is 5.21. The Morgan fingerprint density at radius 2 is 2.05 bits per heavy atom. The third-order valence-electron chi connectivity index (χ3n) is 2.96. The Kier molecular flexibility index (Phi) is 3.64. The van der Waals surface area contributed by atoms with Crippen molar-refractivity contribution in [2.24, 2.45) is 5.92 Å². The van der Waals surface area contributed by atoms with E-state index in [9.17, 15) is 18.4 Å². The van der Waals surface area contributed by atoms with E-state index in [4.69, 9.17) is 5.11 Å². The molecule has 0 radical (unpaired) electrons. The minimum atomic E-state index is -0.936. The zero-order valence-electron chi connectivity index (χ0n) is 9.90. The van der Waals surface area contributed by atoms with E-state index in [1.54, 1.807) is 0 Å². The maximum atomic E-state index is 13.3. The number of amides is 2. The number of carbonyl (C=O) groups excluding carboxylic acids is 1. The van der Waals surface area contributed by atoms with Gasteiger partial charge in [-0.25, -0.2) is 13.6 Å². The summed E-state index contributed by atoms with van der Waals surface area (Å²) in [6.45, 7) is 0.222. The first-order valence-electron chi connectivity index (χ1n) is 5.67. The van der Waals surface area contributed by atoms with Crippen molar-refractivity contribution in [2.75, 3.05) is 13.1 Å². The van der Waals surface area contributed by atoms with Gasteiger partial charge >= 0.3 is 12.0 Å². The number of rotatable bonds is 3. The molecule has 0 bridgehead atoms. The number of nitrogens with one attached hydrogen (secondary N) is 1. The van der Waals surface area contributed by atoms with E-state index >= 15 is 0 Å². The summed E-state index contributed by atoms with van der Waals surface area (Å²) in [5, 5.41) is 11.1. The molecular formula is C12H12F2N2O3. The number of halogens is 2. The molecule has 7 heteroatoms. The zero-order chi connectivity index (χ0) is 14.0. The van der Waals surface area contributed by atoms with Crippen LogP contribution in [0.2, 0.25) is 0 Å². The summed E-state index contributed by atoms with van der Waals surface area (Å²) in [7, 11) is 0. The van der Waals surface area contributed by atoms with E-state index in [0.29, 0.717) is 0 Å². The van der Waals surface area contributed by atoms with E-state index < -0.39 is 29.6 Å². The molecule has 1 aliphatic rings. The van der Waals surface area contributed by atoms with Crippen molar-refractivity contribution in [3.8, 4) is 0 Å². The Hall–Kier alpha value is -2.18. The number of hydrogen-bond donors (Lipinski definition) is 2. The number of likely N-dealkylation sites (tertiary alicyclic amines) is 1. The van der Waals surface area contributed by atoms with Gasteiger partial charge in [-0.15, -0.1) is 0 Å². The third-order valence-corrected chi connectivity index (χ3v) is 2.96. The summed E-state index contributed by atoms with van der Waals surface area (Å²) < 4.78 is 25.9. The first-order valence-corrected chi connectivity index (χ1v) is 5.67. The summed E-state index contributed by atoms with van der Waals surface area (Å²) in [6, 6.07) is 2.64. The van der Waals surface area contributed by atoms with Crippen LogP contribution in [0.15, 0.2) is 18.2 Å². The monoisotopic (exact) mass is 270 g/mol. The van der Waals surface area contributed by atoms with Crippen molar-refractivity contribution in [1.82, 2.24) is 10.2 Å². The lowest BCUT2D eigenvalue weighted by atomic mass is 10.0. The highest BCUT2D eigenvalue weighted by Crippen LogP contribution is 2.15. The van der Waals surface area contributed by atoms with E-state index in [-0.39, 0.29) is 25.2 Å². The lowest BCUT2D eigenvalue weighted by Gasteiger charge is -2.36.